The van der Waals surface area contributed by atoms with Crippen LogP contribution in [0.2, 0.25) is 0 Å². The number of halogens is 1. The smallest absolute Gasteiger partial charge is 0.243 e. The number of benzene rings is 4. The number of sulfonamides is 1. The summed E-state index contributed by atoms with van der Waals surface area (Å²) in [5.74, 6) is 3.24. The van der Waals surface area contributed by atoms with Crippen LogP contribution in [0.5, 0.6) is 5.75 Å². The number of hydrogen-bond donors (Lipinski definition) is 1. The van der Waals surface area contributed by atoms with Gasteiger partial charge < -0.3 is 5.11 Å². The van der Waals surface area contributed by atoms with Crippen molar-refractivity contribution in [3.8, 4) is 28.8 Å². The van der Waals surface area contributed by atoms with Gasteiger partial charge in [0.2, 0.25) is 10.0 Å². The summed E-state index contributed by atoms with van der Waals surface area (Å²) < 4.78 is 26.7. The molecule has 0 saturated heterocycles. The first-order valence-corrected chi connectivity index (χ1v) is 12.1. The van der Waals surface area contributed by atoms with Crippen molar-refractivity contribution in [3.05, 3.63) is 95.0 Å². The number of anilines is 1. The first-order valence-electron chi connectivity index (χ1n) is 9.42. The van der Waals surface area contributed by atoms with Crippen LogP contribution in [0.4, 0.5) is 5.69 Å². The molecule has 0 radical (unpaired) electrons. The summed E-state index contributed by atoms with van der Waals surface area (Å²) in [7, 11) is -3.61. The molecular formula is C25H18BrNO3S. The van der Waals surface area contributed by atoms with Gasteiger partial charge in [-0.2, -0.15) is 4.31 Å². The monoisotopic (exact) mass is 491 g/mol. The molecule has 0 amide bonds. The van der Waals surface area contributed by atoms with Gasteiger partial charge in [0.25, 0.3) is 0 Å². The summed E-state index contributed by atoms with van der Waals surface area (Å²) in [6.07, 6.45) is 1.13. The van der Waals surface area contributed by atoms with Crippen molar-refractivity contribution in [2.24, 2.45) is 0 Å². The van der Waals surface area contributed by atoms with Crippen LogP contribution in [-0.2, 0) is 10.0 Å². The van der Waals surface area contributed by atoms with Gasteiger partial charge >= 0.3 is 0 Å². The normalized spacial score (nSPS) is 11.0. The van der Waals surface area contributed by atoms with Crippen molar-refractivity contribution in [3.63, 3.8) is 0 Å². The molecule has 0 aliphatic heterocycles. The second kappa shape index (κ2) is 8.46. The number of fused-ring (bicyclic) bond motifs is 1. The van der Waals surface area contributed by atoms with Gasteiger partial charge in [-0.1, -0.05) is 64.5 Å². The van der Waals surface area contributed by atoms with E-state index in [0.29, 0.717) is 11.3 Å². The van der Waals surface area contributed by atoms with E-state index >= 15 is 0 Å². The molecule has 0 aliphatic rings. The fourth-order valence-corrected chi connectivity index (χ4v) is 4.35. The van der Waals surface area contributed by atoms with Crippen LogP contribution in [0.3, 0.4) is 0 Å². The van der Waals surface area contributed by atoms with Crippen LogP contribution >= 0.6 is 15.9 Å². The molecule has 0 atom stereocenters. The van der Waals surface area contributed by atoms with E-state index in [4.69, 9.17) is 0 Å². The van der Waals surface area contributed by atoms with Crippen molar-refractivity contribution in [2.45, 2.75) is 0 Å². The van der Waals surface area contributed by atoms with Gasteiger partial charge in [0.1, 0.15) is 5.75 Å². The molecule has 31 heavy (non-hydrogen) atoms. The molecule has 6 heteroatoms. The molecule has 0 saturated carbocycles. The second-order valence-electron chi connectivity index (χ2n) is 6.96. The third-order valence-electron chi connectivity index (χ3n) is 4.80. The van der Waals surface area contributed by atoms with E-state index in [0.717, 1.165) is 36.9 Å². The van der Waals surface area contributed by atoms with Crippen LogP contribution in [0.25, 0.3) is 21.9 Å². The lowest BCUT2D eigenvalue weighted by Crippen LogP contribution is -2.24. The maximum Gasteiger partial charge on any atom is 0.243 e. The summed E-state index contributed by atoms with van der Waals surface area (Å²) in [5.41, 5.74) is 2.91. The summed E-state index contributed by atoms with van der Waals surface area (Å²) in [6.45, 7) is 0. The molecule has 4 aromatic rings. The molecule has 154 valence electrons. The standard InChI is InChI=1S/C25H18BrNO3S/c1-31(29,30)27(20-12-10-19(26)11-13-20)17-16-18-6-2-3-7-21(18)23-14-15-25(28)24-9-5-4-8-22(23)24/h2-15,28H,1H3. The van der Waals surface area contributed by atoms with E-state index in [1.165, 1.54) is 0 Å². The topological polar surface area (TPSA) is 57.6 Å². The van der Waals surface area contributed by atoms with E-state index in [2.05, 4.69) is 27.9 Å². The molecular weight excluding hydrogens is 474 g/mol. The van der Waals surface area contributed by atoms with Gasteiger partial charge in [0, 0.05) is 21.5 Å². The Kier molecular flexibility index (Phi) is 5.73. The minimum Gasteiger partial charge on any atom is -0.507 e. The first kappa shape index (κ1) is 21.0. The highest BCUT2D eigenvalue weighted by molar-refractivity contribution is 9.10. The molecule has 0 spiro atoms. The maximum atomic E-state index is 12.4. The predicted molar refractivity (Wildman–Crippen MR) is 129 cm³/mol. The Morgan fingerprint density at radius 3 is 2.16 bits per heavy atom. The number of phenols is 1. The minimum absolute atomic E-state index is 0.210. The summed E-state index contributed by atoms with van der Waals surface area (Å²) in [4.78, 5) is 0. The Morgan fingerprint density at radius 2 is 1.45 bits per heavy atom. The first-order chi connectivity index (χ1) is 14.8. The molecule has 0 unspecified atom stereocenters. The summed E-state index contributed by atoms with van der Waals surface area (Å²) in [6, 6.07) is 28.4. The van der Waals surface area contributed by atoms with Crippen LogP contribution < -0.4 is 4.31 Å². The van der Waals surface area contributed by atoms with Gasteiger partial charge in [-0.3, -0.25) is 0 Å². The maximum absolute atomic E-state index is 12.4. The highest BCUT2D eigenvalue weighted by Gasteiger charge is 2.16. The zero-order valence-corrected chi connectivity index (χ0v) is 19.0. The molecule has 4 aromatic carbocycles. The van der Waals surface area contributed by atoms with E-state index in [1.54, 1.807) is 30.3 Å². The molecule has 1 N–H and O–H groups in total. The molecule has 4 rings (SSSR count). The van der Waals surface area contributed by atoms with Crippen LogP contribution in [-0.4, -0.2) is 19.8 Å². The highest BCUT2D eigenvalue weighted by atomic mass is 79.9. The SMILES string of the molecule is CS(=O)(=O)N(C#Cc1ccccc1-c1ccc(O)c2ccccc12)c1ccc(Br)cc1. The fraction of sp³-hybridized carbons (Fsp3) is 0.0400. The Labute approximate surface area is 190 Å². The molecule has 0 bridgehead atoms. The predicted octanol–water partition coefficient (Wildman–Crippen LogP) is 5.75. The quantitative estimate of drug-likeness (QED) is 0.293. The number of aromatic hydroxyl groups is 1. The zero-order valence-electron chi connectivity index (χ0n) is 16.6. The average Bonchev–Trinajstić information content (AvgIpc) is 2.75. The molecule has 4 nitrogen and oxygen atoms in total. The minimum atomic E-state index is -3.61. The largest absolute Gasteiger partial charge is 0.507 e. The lowest BCUT2D eigenvalue weighted by molar-refractivity contribution is 0.481. The number of phenolic OH excluding ortho intramolecular Hbond substituents is 1. The third-order valence-corrected chi connectivity index (χ3v) is 6.30. The Balaban J connectivity index is 1.85. The van der Waals surface area contributed by atoms with E-state index in [9.17, 15) is 13.5 Å². The lowest BCUT2D eigenvalue weighted by atomic mass is 9.94. The van der Waals surface area contributed by atoms with Crippen molar-refractivity contribution >= 4 is 42.4 Å². The molecule has 0 aliphatic carbocycles. The van der Waals surface area contributed by atoms with Crippen molar-refractivity contribution in [1.29, 1.82) is 0 Å². The zero-order chi connectivity index (χ0) is 22.0. The van der Waals surface area contributed by atoms with E-state index in [1.807, 2.05) is 54.6 Å². The van der Waals surface area contributed by atoms with Gasteiger partial charge in [0.15, 0.2) is 0 Å². The fourth-order valence-electron chi connectivity index (χ4n) is 3.37. The molecule has 0 heterocycles. The van der Waals surface area contributed by atoms with Gasteiger partial charge in [-0.05, 0) is 58.8 Å². The summed E-state index contributed by atoms with van der Waals surface area (Å²) in [5, 5.41) is 11.9. The Hall–Kier alpha value is -3.27. The van der Waals surface area contributed by atoms with Crippen molar-refractivity contribution < 1.29 is 13.5 Å². The van der Waals surface area contributed by atoms with Crippen LogP contribution in [0.1, 0.15) is 5.56 Å². The Bertz CT molecular complexity index is 1440. The number of rotatable bonds is 3. The Morgan fingerprint density at radius 1 is 0.806 bits per heavy atom. The molecule has 0 fully saturated rings. The lowest BCUT2D eigenvalue weighted by Gasteiger charge is -2.15. The summed E-state index contributed by atoms with van der Waals surface area (Å²) >= 11 is 3.36. The van der Waals surface area contributed by atoms with Crippen molar-refractivity contribution in [1.82, 2.24) is 0 Å². The third kappa shape index (κ3) is 4.43. The van der Waals surface area contributed by atoms with E-state index in [-0.39, 0.29) is 5.75 Å². The van der Waals surface area contributed by atoms with Crippen molar-refractivity contribution in [2.75, 3.05) is 10.6 Å². The van der Waals surface area contributed by atoms with E-state index < -0.39 is 10.0 Å². The number of nitrogens with zero attached hydrogens (tertiary/aromatic N) is 1. The van der Waals surface area contributed by atoms with Gasteiger partial charge in [-0.25, -0.2) is 8.42 Å². The average molecular weight is 492 g/mol. The van der Waals surface area contributed by atoms with Crippen LogP contribution in [0.15, 0.2) is 89.4 Å². The molecule has 0 aromatic heterocycles. The highest BCUT2D eigenvalue weighted by Crippen LogP contribution is 2.35. The second-order valence-corrected chi connectivity index (χ2v) is 9.71. The van der Waals surface area contributed by atoms with Gasteiger partial charge in [-0.15, -0.1) is 0 Å². The van der Waals surface area contributed by atoms with Crippen LogP contribution in [0, 0.1) is 12.0 Å². The number of hydrogen-bond acceptors (Lipinski definition) is 3. The van der Waals surface area contributed by atoms with Gasteiger partial charge in [0.05, 0.1) is 11.9 Å².